The molecule has 3 rings (SSSR count). The monoisotopic (exact) mass is 392 g/mol. The number of amides is 2. The first-order valence-electron chi connectivity index (χ1n) is 8.27. The summed E-state index contributed by atoms with van der Waals surface area (Å²) in [6, 6.07) is 13.4. The van der Waals surface area contributed by atoms with Crippen molar-refractivity contribution in [2.45, 2.75) is 17.1 Å². The van der Waals surface area contributed by atoms with E-state index in [1.165, 1.54) is 6.07 Å². The topological polar surface area (TPSA) is 58.6 Å². The normalized spacial score (nSPS) is 16.7. The van der Waals surface area contributed by atoms with Gasteiger partial charge in [0.1, 0.15) is 5.75 Å². The molecule has 0 bridgehead atoms. The fourth-order valence-corrected chi connectivity index (χ4v) is 3.49. The number of hydrogen-bond acceptors (Lipinski definition) is 4. The van der Waals surface area contributed by atoms with Gasteiger partial charge in [-0.15, -0.1) is 0 Å². The highest BCUT2D eigenvalue weighted by atomic mass is 32.2. The van der Waals surface area contributed by atoms with Gasteiger partial charge >= 0.3 is 0 Å². The first kappa shape index (κ1) is 19.2. The summed E-state index contributed by atoms with van der Waals surface area (Å²) >= 11 is 0.374. The maximum Gasteiger partial charge on any atom is 0.288 e. The number of carbonyl (C=O) groups is 2. The van der Waals surface area contributed by atoms with Gasteiger partial charge < -0.3 is 15.0 Å². The predicted octanol–water partition coefficient (Wildman–Crippen LogP) is 4.00. The van der Waals surface area contributed by atoms with E-state index in [9.17, 15) is 18.4 Å². The van der Waals surface area contributed by atoms with E-state index < -0.39 is 11.7 Å². The Labute approximate surface area is 159 Å². The zero-order valence-corrected chi connectivity index (χ0v) is 15.3. The van der Waals surface area contributed by atoms with Crippen LogP contribution in [-0.2, 0) is 9.59 Å². The van der Waals surface area contributed by atoms with Crippen LogP contribution < -0.4 is 15.0 Å². The molecular weight excluding hydrogens is 374 g/mol. The minimum Gasteiger partial charge on any atom is -0.497 e. The van der Waals surface area contributed by atoms with E-state index in [4.69, 9.17) is 4.74 Å². The highest BCUT2D eigenvalue weighted by Gasteiger charge is 2.35. The Morgan fingerprint density at radius 3 is 2.59 bits per heavy atom. The number of benzene rings is 2. The molecule has 1 heterocycles. The summed E-state index contributed by atoms with van der Waals surface area (Å²) in [5, 5.41) is 2.68. The molecule has 142 valence electrons. The number of hydrogen-bond donors (Lipinski definition) is 1. The third kappa shape index (κ3) is 4.57. The van der Waals surface area contributed by atoms with E-state index in [1.807, 2.05) is 0 Å². The Balaban J connectivity index is 1.69. The number of anilines is 2. The second-order valence-corrected chi connectivity index (χ2v) is 7.00. The van der Waals surface area contributed by atoms with Crippen molar-refractivity contribution < 1.29 is 23.1 Å². The fourth-order valence-electron chi connectivity index (χ4n) is 2.90. The highest BCUT2D eigenvalue weighted by Crippen LogP contribution is 2.33. The zero-order valence-electron chi connectivity index (χ0n) is 14.5. The molecule has 1 aliphatic heterocycles. The van der Waals surface area contributed by atoms with Crippen LogP contribution in [0.15, 0.2) is 53.4 Å². The zero-order chi connectivity index (χ0) is 19.4. The molecule has 0 radical (unpaired) electrons. The molecule has 0 aliphatic carbocycles. The molecule has 2 amide bonds. The number of halogens is 2. The summed E-state index contributed by atoms with van der Waals surface area (Å²) in [6.45, 7) is 0.237. The standard InChI is InChI=1S/C19H18F2N2O3S/c1-26-14-8-6-13(7-9-14)23-11-12(10-17(23)24)18(25)22-15-4-2-3-5-16(15)27-19(20)21/h2-9,12,19H,10-11H2,1H3,(H,22,25)/t12-/m1/s1. The molecular formula is C19H18F2N2O3S. The van der Waals surface area contributed by atoms with Crippen LogP contribution in [0.3, 0.4) is 0 Å². The Kier molecular flexibility index (Phi) is 5.95. The van der Waals surface area contributed by atoms with Crippen molar-refractivity contribution in [2.75, 3.05) is 23.9 Å². The molecule has 27 heavy (non-hydrogen) atoms. The Bertz CT molecular complexity index is 830. The number of ether oxygens (including phenoxy) is 1. The van der Waals surface area contributed by atoms with Crippen molar-refractivity contribution in [2.24, 2.45) is 5.92 Å². The Morgan fingerprint density at radius 2 is 1.93 bits per heavy atom. The van der Waals surface area contributed by atoms with E-state index in [0.717, 1.165) is 0 Å². The van der Waals surface area contributed by atoms with Gasteiger partial charge in [-0.1, -0.05) is 23.9 Å². The maximum atomic E-state index is 12.7. The first-order valence-corrected chi connectivity index (χ1v) is 9.15. The van der Waals surface area contributed by atoms with Gasteiger partial charge in [0, 0.05) is 23.5 Å². The van der Waals surface area contributed by atoms with Crippen molar-refractivity contribution in [3.63, 3.8) is 0 Å². The van der Waals surface area contributed by atoms with E-state index in [2.05, 4.69) is 5.32 Å². The number of methoxy groups -OCH3 is 1. The van der Waals surface area contributed by atoms with Crippen LogP contribution in [0, 0.1) is 5.92 Å². The summed E-state index contributed by atoms with van der Waals surface area (Å²) in [5.74, 6) is -2.98. The molecule has 0 aromatic heterocycles. The van der Waals surface area contributed by atoms with Gasteiger partial charge in [0.05, 0.1) is 18.7 Å². The average molecular weight is 392 g/mol. The smallest absolute Gasteiger partial charge is 0.288 e. The number of alkyl halides is 2. The molecule has 5 nitrogen and oxygen atoms in total. The molecule has 1 N–H and O–H groups in total. The third-order valence-corrected chi connectivity index (χ3v) is 5.03. The van der Waals surface area contributed by atoms with Gasteiger partial charge in [0.2, 0.25) is 11.8 Å². The van der Waals surface area contributed by atoms with Gasteiger partial charge in [0.15, 0.2) is 0 Å². The summed E-state index contributed by atoms with van der Waals surface area (Å²) in [7, 11) is 1.56. The van der Waals surface area contributed by atoms with Gasteiger partial charge in [-0.25, -0.2) is 0 Å². The third-order valence-electron chi connectivity index (χ3n) is 4.24. The molecule has 1 atom stereocenters. The lowest BCUT2D eigenvalue weighted by Gasteiger charge is -2.17. The van der Waals surface area contributed by atoms with Crippen LogP contribution in [0.25, 0.3) is 0 Å². The van der Waals surface area contributed by atoms with E-state index in [1.54, 1.807) is 54.5 Å². The molecule has 1 fully saturated rings. The second kappa shape index (κ2) is 8.39. The molecule has 1 aliphatic rings. The molecule has 0 spiro atoms. The van der Waals surface area contributed by atoms with Gasteiger partial charge in [-0.2, -0.15) is 8.78 Å². The molecule has 0 saturated carbocycles. The van der Waals surface area contributed by atoms with Crippen molar-refractivity contribution in [1.82, 2.24) is 0 Å². The van der Waals surface area contributed by atoms with Crippen molar-refractivity contribution in [1.29, 1.82) is 0 Å². The Morgan fingerprint density at radius 1 is 1.22 bits per heavy atom. The van der Waals surface area contributed by atoms with Crippen LogP contribution >= 0.6 is 11.8 Å². The number of carbonyl (C=O) groups excluding carboxylic acids is 2. The summed E-state index contributed by atoms with van der Waals surface area (Å²) in [5.41, 5.74) is 1.01. The summed E-state index contributed by atoms with van der Waals surface area (Å²) < 4.78 is 30.4. The number of rotatable bonds is 6. The fraction of sp³-hybridized carbons (Fsp3) is 0.263. The largest absolute Gasteiger partial charge is 0.497 e. The molecule has 8 heteroatoms. The average Bonchev–Trinajstić information content (AvgIpc) is 3.05. The van der Waals surface area contributed by atoms with Crippen LogP contribution in [0.2, 0.25) is 0 Å². The van der Waals surface area contributed by atoms with Gasteiger partial charge in [0.25, 0.3) is 5.76 Å². The number of thioether (sulfide) groups is 1. The minimum absolute atomic E-state index is 0.0714. The van der Waals surface area contributed by atoms with E-state index in [0.29, 0.717) is 28.9 Å². The van der Waals surface area contributed by atoms with Gasteiger partial charge in [-0.05, 0) is 36.4 Å². The molecule has 2 aromatic rings. The number of nitrogens with zero attached hydrogens (tertiary/aromatic N) is 1. The van der Waals surface area contributed by atoms with Crippen molar-refractivity contribution >= 4 is 35.0 Å². The van der Waals surface area contributed by atoms with E-state index >= 15 is 0 Å². The van der Waals surface area contributed by atoms with Crippen LogP contribution in [0.5, 0.6) is 5.75 Å². The lowest BCUT2D eigenvalue weighted by atomic mass is 10.1. The number of para-hydroxylation sites is 1. The minimum atomic E-state index is -2.58. The summed E-state index contributed by atoms with van der Waals surface area (Å²) in [6.07, 6.45) is 0.0714. The van der Waals surface area contributed by atoms with Crippen molar-refractivity contribution in [3.05, 3.63) is 48.5 Å². The van der Waals surface area contributed by atoms with Crippen molar-refractivity contribution in [3.8, 4) is 5.75 Å². The SMILES string of the molecule is COc1ccc(N2C[C@H](C(=O)Nc3ccccc3SC(F)F)CC2=O)cc1. The first-order chi connectivity index (χ1) is 13.0. The molecule has 1 saturated heterocycles. The quantitative estimate of drug-likeness (QED) is 0.755. The second-order valence-electron chi connectivity index (χ2n) is 5.97. The molecule has 0 unspecified atom stereocenters. The van der Waals surface area contributed by atoms with Gasteiger partial charge in [-0.3, -0.25) is 9.59 Å². The maximum absolute atomic E-state index is 12.7. The van der Waals surface area contributed by atoms with Crippen LogP contribution in [-0.4, -0.2) is 31.2 Å². The Hall–Kier alpha value is -2.61. The van der Waals surface area contributed by atoms with Crippen LogP contribution in [0.4, 0.5) is 20.2 Å². The molecule has 2 aromatic carbocycles. The summed E-state index contributed by atoms with van der Waals surface area (Å²) in [4.78, 5) is 26.7. The lowest BCUT2D eigenvalue weighted by Crippen LogP contribution is -2.28. The lowest BCUT2D eigenvalue weighted by molar-refractivity contribution is -0.122. The number of nitrogens with one attached hydrogen (secondary N) is 1. The van der Waals surface area contributed by atoms with E-state index in [-0.39, 0.29) is 29.7 Å². The predicted molar refractivity (Wildman–Crippen MR) is 100 cm³/mol. The van der Waals surface area contributed by atoms with Crippen LogP contribution in [0.1, 0.15) is 6.42 Å². The highest BCUT2D eigenvalue weighted by molar-refractivity contribution is 7.99.